The average molecular weight is 260 g/mol. The molecule has 0 radical (unpaired) electrons. The molecule has 0 aliphatic rings. The summed E-state index contributed by atoms with van der Waals surface area (Å²) in [4.78, 5) is 15.4. The third-order valence-electron chi connectivity index (χ3n) is 2.58. The fourth-order valence-electron chi connectivity index (χ4n) is 1.65. The van der Waals surface area contributed by atoms with E-state index < -0.39 is 11.8 Å². The van der Waals surface area contributed by atoms with E-state index in [2.05, 4.69) is 4.98 Å². The Morgan fingerprint density at radius 1 is 1.32 bits per heavy atom. The van der Waals surface area contributed by atoms with Crippen LogP contribution in [0.5, 0.6) is 0 Å². The largest absolute Gasteiger partial charge is 0.462 e. The van der Waals surface area contributed by atoms with Crippen molar-refractivity contribution in [3.8, 4) is 11.1 Å². The number of halogens is 1. The Balaban J connectivity index is 2.33. The van der Waals surface area contributed by atoms with Crippen LogP contribution in [0.4, 0.5) is 10.2 Å². The molecule has 0 bridgehead atoms. The number of nitrogens with two attached hydrogens (primary N) is 1. The highest BCUT2D eigenvalue weighted by molar-refractivity contribution is 5.90. The van der Waals surface area contributed by atoms with Crippen LogP contribution in [-0.2, 0) is 4.74 Å². The van der Waals surface area contributed by atoms with Gasteiger partial charge in [0, 0.05) is 11.8 Å². The van der Waals surface area contributed by atoms with Crippen LogP contribution in [0.1, 0.15) is 17.3 Å². The van der Waals surface area contributed by atoms with Crippen molar-refractivity contribution in [2.75, 3.05) is 12.3 Å². The van der Waals surface area contributed by atoms with Crippen LogP contribution in [0.15, 0.2) is 36.5 Å². The van der Waals surface area contributed by atoms with Gasteiger partial charge in [0.15, 0.2) is 0 Å². The minimum absolute atomic E-state index is 0.0750. The second kappa shape index (κ2) is 5.48. The normalized spacial score (nSPS) is 10.2. The minimum atomic E-state index is -0.665. The summed E-state index contributed by atoms with van der Waals surface area (Å²) < 4.78 is 18.6. The summed E-state index contributed by atoms with van der Waals surface area (Å²) in [5.74, 6) is -0.887. The number of pyridine rings is 1. The van der Waals surface area contributed by atoms with Crippen LogP contribution >= 0.6 is 0 Å². The van der Waals surface area contributed by atoms with E-state index in [0.29, 0.717) is 11.4 Å². The molecule has 1 aromatic carbocycles. The maximum atomic E-state index is 13.8. The number of nitrogens with zero attached hydrogens (tertiary/aromatic N) is 1. The molecular formula is C14H13FN2O2. The molecule has 0 amide bonds. The number of benzene rings is 1. The third-order valence-corrected chi connectivity index (χ3v) is 2.58. The van der Waals surface area contributed by atoms with Gasteiger partial charge < -0.3 is 10.5 Å². The Morgan fingerprint density at radius 3 is 2.63 bits per heavy atom. The Hall–Kier alpha value is -2.43. The van der Waals surface area contributed by atoms with Gasteiger partial charge in [-0.1, -0.05) is 6.07 Å². The van der Waals surface area contributed by atoms with Gasteiger partial charge in [-0.3, -0.25) is 0 Å². The lowest BCUT2D eigenvalue weighted by Gasteiger charge is -2.06. The second-order valence-electron chi connectivity index (χ2n) is 3.89. The Labute approximate surface area is 110 Å². The molecule has 98 valence electrons. The van der Waals surface area contributed by atoms with E-state index in [-0.39, 0.29) is 12.2 Å². The third kappa shape index (κ3) is 2.88. The quantitative estimate of drug-likeness (QED) is 0.861. The van der Waals surface area contributed by atoms with Gasteiger partial charge in [0.25, 0.3) is 0 Å². The molecule has 0 saturated heterocycles. The molecule has 0 aliphatic heterocycles. The molecule has 0 aliphatic carbocycles. The van der Waals surface area contributed by atoms with Crippen molar-refractivity contribution in [2.45, 2.75) is 6.92 Å². The van der Waals surface area contributed by atoms with Crippen molar-refractivity contribution >= 4 is 11.8 Å². The summed E-state index contributed by atoms with van der Waals surface area (Å²) >= 11 is 0. The summed E-state index contributed by atoms with van der Waals surface area (Å²) in [6, 6.07) is 7.69. The van der Waals surface area contributed by atoms with Crippen molar-refractivity contribution in [1.82, 2.24) is 4.98 Å². The molecule has 4 nitrogen and oxygen atoms in total. The molecule has 2 rings (SSSR count). The van der Waals surface area contributed by atoms with Gasteiger partial charge in [0.05, 0.1) is 12.2 Å². The van der Waals surface area contributed by atoms with E-state index in [9.17, 15) is 9.18 Å². The molecule has 2 N–H and O–H groups in total. The first-order valence-electron chi connectivity index (χ1n) is 5.80. The van der Waals surface area contributed by atoms with E-state index in [1.807, 2.05) is 0 Å². The lowest BCUT2D eigenvalue weighted by molar-refractivity contribution is 0.0521. The molecule has 0 spiro atoms. The molecule has 0 atom stereocenters. The number of hydrogen-bond donors (Lipinski definition) is 1. The smallest absolute Gasteiger partial charge is 0.341 e. The SMILES string of the molecule is CCOC(=O)c1ccc(-c2ccc(N)nc2)cc1F. The number of ether oxygens (including phenoxy) is 1. The van der Waals surface area contributed by atoms with Gasteiger partial charge in [0.2, 0.25) is 0 Å². The molecular weight excluding hydrogens is 247 g/mol. The number of carbonyl (C=O) groups excluding carboxylic acids is 1. The molecule has 19 heavy (non-hydrogen) atoms. The number of anilines is 1. The molecule has 0 unspecified atom stereocenters. The Bertz CT molecular complexity index is 597. The van der Waals surface area contributed by atoms with E-state index >= 15 is 0 Å². The maximum absolute atomic E-state index is 13.8. The first kappa shape index (κ1) is 13.0. The molecule has 0 fully saturated rings. The fourth-order valence-corrected chi connectivity index (χ4v) is 1.65. The van der Waals surface area contributed by atoms with Crippen molar-refractivity contribution in [3.05, 3.63) is 47.9 Å². The second-order valence-corrected chi connectivity index (χ2v) is 3.89. The number of aromatic nitrogens is 1. The van der Waals surface area contributed by atoms with Crippen molar-refractivity contribution in [2.24, 2.45) is 0 Å². The number of carbonyl (C=O) groups is 1. The van der Waals surface area contributed by atoms with Gasteiger partial charge in [-0.2, -0.15) is 0 Å². The number of rotatable bonds is 3. The Morgan fingerprint density at radius 2 is 2.05 bits per heavy atom. The molecule has 5 heteroatoms. The molecule has 1 heterocycles. The van der Waals surface area contributed by atoms with Crippen molar-refractivity contribution in [1.29, 1.82) is 0 Å². The van der Waals surface area contributed by atoms with Crippen LogP contribution < -0.4 is 5.73 Å². The highest BCUT2D eigenvalue weighted by atomic mass is 19.1. The number of hydrogen-bond acceptors (Lipinski definition) is 4. The first-order chi connectivity index (χ1) is 9.11. The zero-order valence-electron chi connectivity index (χ0n) is 10.4. The van der Waals surface area contributed by atoms with E-state index in [1.54, 1.807) is 31.3 Å². The summed E-state index contributed by atoms with van der Waals surface area (Å²) in [5, 5.41) is 0. The first-order valence-corrected chi connectivity index (χ1v) is 5.80. The van der Waals surface area contributed by atoms with Crippen molar-refractivity contribution in [3.63, 3.8) is 0 Å². The van der Waals surface area contributed by atoms with Gasteiger partial charge >= 0.3 is 5.97 Å². The topological polar surface area (TPSA) is 65.2 Å². The summed E-state index contributed by atoms with van der Waals surface area (Å²) in [7, 11) is 0. The molecule has 2 aromatic rings. The summed E-state index contributed by atoms with van der Waals surface area (Å²) in [5.41, 5.74) is 6.76. The lowest BCUT2D eigenvalue weighted by Crippen LogP contribution is -2.07. The van der Waals surface area contributed by atoms with Gasteiger partial charge in [-0.05, 0) is 36.8 Å². The van der Waals surface area contributed by atoms with Crippen LogP contribution in [0.2, 0.25) is 0 Å². The maximum Gasteiger partial charge on any atom is 0.341 e. The lowest BCUT2D eigenvalue weighted by atomic mass is 10.1. The predicted molar refractivity (Wildman–Crippen MR) is 70.0 cm³/mol. The van der Waals surface area contributed by atoms with E-state index in [4.69, 9.17) is 10.5 Å². The van der Waals surface area contributed by atoms with Crippen LogP contribution in [-0.4, -0.2) is 17.6 Å². The molecule has 0 saturated carbocycles. The van der Waals surface area contributed by atoms with Gasteiger partial charge in [-0.15, -0.1) is 0 Å². The van der Waals surface area contributed by atoms with Crippen LogP contribution in [0.25, 0.3) is 11.1 Å². The average Bonchev–Trinajstić information content (AvgIpc) is 2.39. The highest BCUT2D eigenvalue weighted by Gasteiger charge is 2.13. The van der Waals surface area contributed by atoms with E-state index in [1.165, 1.54) is 12.1 Å². The van der Waals surface area contributed by atoms with Crippen LogP contribution in [0, 0.1) is 5.82 Å². The van der Waals surface area contributed by atoms with Crippen LogP contribution in [0.3, 0.4) is 0 Å². The summed E-state index contributed by atoms with van der Waals surface area (Å²) in [6.45, 7) is 1.88. The monoisotopic (exact) mass is 260 g/mol. The summed E-state index contributed by atoms with van der Waals surface area (Å²) in [6.07, 6.45) is 1.55. The van der Waals surface area contributed by atoms with E-state index in [0.717, 1.165) is 5.56 Å². The molecule has 1 aromatic heterocycles. The predicted octanol–water partition coefficient (Wildman–Crippen LogP) is 2.65. The fraction of sp³-hybridized carbons (Fsp3) is 0.143. The number of esters is 1. The standard InChI is InChI=1S/C14H13FN2O2/c1-2-19-14(18)11-5-3-9(7-12(11)15)10-4-6-13(16)17-8-10/h3-8H,2H2,1H3,(H2,16,17). The highest BCUT2D eigenvalue weighted by Crippen LogP contribution is 2.22. The van der Waals surface area contributed by atoms with Gasteiger partial charge in [-0.25, -0.2) is 14.2 Å². The zero-order chi connectivity index (χ0) is 13.8. The van der Waals surface area contributed by atoms with Crippen molar-refractivity contribution < 1.29 is 13.9 Å². The zero-order valence-corrected chi connectivity index (χ0v) is 10.4. The van der Waals surface area contributed by atoms with Gasteiger partial charge in [0.1, 0.15) is 11.6 Å². The minimum Gasteiger partial charge on any atom is -0.462 e. The number of nitrogen functional groups attached to an aromatic ring is 1. The Kier molecular flexibility index (Phi) is 3.75.